The van der Waals surface area contributed by atoms with Gasteiger partial charge in [-0.25, -0.2) is 0 Å². The number of rotatable bonds is 1. The van der Waals surface area contributed by atoms with Gasteiger partial charge < -0.3 is 14.9 Å². The van der Waals surface area contributed by atoms with Crippen molar-refractivity contribution in [2.24, 2.45) is 0 Å². The first-order valence-electron chi connectivity index (χ1n) is 4.79. The quantitative estimate of drug-likeness (QED) is 0.591. The van der Waals surface area contributed by atoms with Crippen LogP contribution < -0.4 is 16.4 Å². The molecule has 1 fully saturated rings. The lowest BCUT2D eigenvalue weighted by atomic mass is 10.1. The van der Waals surface area contributed by atoms with Crippen LogP contribution in [0.3, 0.4) is 0 Å². The van der Waals surface area contributed by atoms with Crippen molar-refractivity contribution in [3.8, 4) is 0 Å². The molecule has 0 spiro atoms. The maximum absolute atomic E-state index is 11.5. The second-order valence-corrected chi connectivity index (χ2v) is 3.48. The van der Waals surface area contributed by atoms with E-state index < -0.39 is 11.1 Å². The molecule has 76 valence electrons. The molecular weight excluding hydrogens is 182 g/mol. The van der Waals surface area contributed by atoms with Crippen LogP contribution in [0.1, 0.15) is 18.9 Å². The number of aromatic amines is 1. The second kappa shape index (κ2) is 3.79. The van der Waals surface area contributed by atoms with Gasteiger partial charge in [0, 0.05) is 18.4 Å². The van der Waals surface area contributed by atoms with Crippen molar-refractivity contribution in [2.45, 2.75) is 18.9 Å². The normalized spacial score (nSPS) is 18.3. The van der Waals surface area contributed by atoms with Crippen LogP contribution in [0, 0.1) is 0 Å². The highest BCUT2D eigenvalue weighted by Gasteiger charge is 2.16. The van der Waals surface area contributed by atoms with Crippen molar-refractivity contribution in [3.63, 3.8) is 0 Å². The molecule has 1 saturated heterocycles. The SMILES string of the molecule is O=c1[nH]ccn(C2CCNCC2)c1=O. The fraction of sp³-hybridized carbons (Fsp3) is 0.556. The van der Waals surface area contributed by atoms with Crippen molar-refractivity contribution < 1.29 is 0 Å². The van der Waals surface area contributed by atoms with Gasteiger partial charge in [0.2, 0.25) is 0 Å². The number of piperidine rings is 1. The second-order valence-electron chi connectivity index (χ2n) is 3.48. The summed E-state index contributed by atoms with van der Waals surface area (Å²) < 4.78 is 1.54. The fourth-order valence-electron chi connectivity index (χ4n) is 1.81. The van der Waals surface area contributed by atoms with Gasteiger partial charge in [0.25, 0.3) is 0 Å². The van der Waals surface area contributed by atoms with Gasteiger partial charge in [0.15, 0.2) is 0 Å². The Morgan fingerprint density at radius 1 is 1.29 bits per heavy atom. The summed E-state index contributed by atoms with van der Waals surface area (Å²) in [5, 5.41) is 3.22. The first kappa shape index (κ1) is 9.21. The molecule has 0 amide bonds. The molecule has 1 aromatic rings. The average molecular weight is 195 g/mol. The standard InChI is InChI=1S/C9H13N3O2/c13-8-9(14)12(6-5-11-8)7-1-3-10-4-2-7/h5-7,10H,1-4H2,(H,11,13). The van der Waals surface area contributed by atoms with Crippen molar-refractivity contribution >= 4 is 0 Å². The molecule has 0 atom stereocenters. The van der Waals surface area contributed by atoms with E-state index in [9.17, 15) is 9.59 Å². The lowest BCUT2D eigenvalue weighted by Crippen LogP contribution is -2.40. The molecule has 2 N–H and O–H groups in total. The van der Waals surface area contributed by atoms with Gasteiger partial charge in [-0.2, -0.15) is 0 Å². The van der Waals surface area contributed by atoms with Crippen LogP contribution in [-0.4, -0.2) is 22.6 Å². The first-order chi connectivity index (χ1) is 6.79. The van der Waals surface area contributed by atoms with Crippen LogP contribution in [0.2, 0.25) is 0 Å². The van der Waals surface area contributed by atoms with Crippen molar-refractivity contribution in [1.82, 2.24) is 14.9 Å². The van der Waals surface area contributed by atoms with E-state index in [0.717, 1.165) is 25.9 Å². The van der Waals surface area contributed by atoms with Gasteiger partial charge in [-0.1, -0.05) is 0 Å². The summed E-state index contributed by atoms with van der Waals surface area (Å²) in [6.07, 6.45) is 4.98. The van der Waals surface area contributed by atoms with E-state index in [1.807, 2.05) is 0 Å². The number of nitrogens with zero attached hydrogens (tertiary/aromatic N) is 1. The molecule has 2 rings (SSSR count). The molecule has 1 aliphatic heterocycles. The maximum atomic E-state index is 11.5. The van der Waals surface area contributed by atoms with Crippen LogP contribution in [-0.2, 0) is 0 Å². The zero-order valence-electron chi connectivity index (χ0n) is 7.82. The third-order valence-electron chi connectivity index (χ3n) is 2.58. The smallest absolute Gasteiger partial charge is 0.316 e. The monoisotopic (exact) mass is 195 g/mol. The van der Waals surface area contributed by atoms with Crippen molar-refractivity contribution in [1.29, 1.82) is 0 Å². The van der Waals surface area contributed by atoms with Gasteiger partial charge in [-0.15, -0.1) is 0 Å². The van der Waals surface area contributed by atoms with E-state index in [2.05, 4.69) is 10.3 Å². The molecular formula is C9H13N3O2. The van der Waals surface area contributed by atoms with E-state index in [1.54, 1.807) is 10.8 Å². The summed E-state index contributed by atoms with van der Waals surface area (Å²) in [5.74, 6) is 0. The Kier molecular flexibility index (Phi) is 2.49. The van der Waals surface area contributed by atoms with Crippen LogP contribution in [0.25, 0.3) is 0 Å². The molecule has 1 aromatic heterocycles. The van der Waals surface area contributed by atoms with Crippen LogP contribution in [0.15, 0.2) is 22.0 Å². The van der Waals surface area contributed by atoms with E-state index >= 15 is 0 Å². The first-order valence-corrected chi connectivity index (χ1v) is 4.79. The Morgan fingerprint density at radius 2 is 2.00 bits per heavy atom. The summed E-state index contributed by atoms with van der Waals surface area (Å²) in [6, 6.07) is 0.172. The van der Waals surface area contributed by atoms with Gasteiger partial charge in [0.05, 0.1) is 0 Å². The third-order valence-corrected chi connectivity index (χ3v) is 2.58. The Labute approximate surface area is 80.8 Å². The van der Waals surface area contributed by atoms with Gasteiger partial charge in [-0.05, 0) is 25.9 Å². The van der Waals surface area contributed by atoms with Crippen molar-refractivity contribution in [2.75, 3.05) is 13.1 Å². The Hall–Kier alpha value is -1.36. The predicted octanol–water partition coefficient (Wildman–Crippen LogP) is -0.539. The highest BCUT2D eigenvalue weighted by molar-refractivity contribution is 4.87. The van der Waals surface area contributed by atoms with E-state index in [-0.39, 0.29) is 6.04 Å². The summed E-state index contributed by atoms with van der Waals surface area (Å²) in [7, 11) is 0. The Balaban J connectivity index is 2.35. The zero-order valence-corrected chi connectivity index (χ0v) is 7.82. The van der Waals surface area contributed by atoms with Crippen LogP contribution >= 0.6 is 0 Å². The molecule has 1 aliphatic rings. The molecule has 5 nitrogen and oxygen atoms in total. The number of hydrogen-bond donors (Lipinski definition) is 2. The van der Waals surface area contributed by atoms with Gasteiger partial charge >= 0.3 is 11.1 Å². The lowest BCUT2D eigenvalue weighted by molar-refractivity contribution is 0.358. The Bertz CT molecular complexity index is 415. The summed E-state index contributed by atoms with van der Waals surface area (Å²) >= 11 is 0. The van der Waals surface area contributed by atoms with E-state index in [4.69, 9.17) is 0 Å². The highest BCUT2D eigenvalue weighted by atomic mass is 16.2. The maximum Gasteiger partial charge on any atom is 0.316 e. The number of nitrogens with one attached hydrogen (secondary N) is 2. The molecule has 0 unspecified atom stereocenters. The largest absolute Gasteiger partial charge is 0.323 e. The molecule has 0 bridgehead atoms. The fourth-order valence-corrected chi connectivity index (χ4v) is 1.81. The van der Waals surface area contributed by atoms with Crippen LogP contribution in [0.4, 0.5) is 0 Å². The Morgan fingerprint density at radius 3 is 2.71 bits per heavy atom. The van der Waals surface area contributed by atoms with Gasteiger partial charge in [-0.3, -0.25) is 9.59 Å². The molecule has 0 aromatic carbocycles. The zero-order chi connectivity index (χ0) is 9.97. The molecule has 0 radical (unpaired) electrons. The minimum atomic E-state index is -0.536. The number of aromatic nitrogens is 2. The minimum absolute atomic E-state index is 0.172. The third kappa shape index (κ3) is 1.63. The van der Waals surface area contributed by atoms with Crippen molar-refractivity contribution in [3.05, 3.63) is 33.1 Å². The predicted molar refractivity (Wildman–Crippen MR) is 52.5 cm³/mol. The lowest BCUT2D eigenvalue weighted by Gasteiger charge is -2.24. The molecule has 0 aliphatic carbocycles. The molecule has 14 heavy (non-hydrogen) atoms. The number of hydrogen-bond acceptors (Lipinski definition) is 3. The summed E-state index contributed by atoms with van der Waals surface area (Å²) in [6.45, 7) is 1.81. The average Bonchev–Trinajstić information content (AvgIpc) is 2.23. The minimum Gasteiger partial charge on any atom is -0.323 e. The molecule has 0 saturated carbocycles. The number of H-pyrrole nitrogens is 1. The van der Waals surface area contributed by atoms with E-state index in [0.29, 0.717) is 0 Å². The summed E-state index contributed by atoms with van der Waals surface area (Å²) in [5.41, 5.74) is -0.981. The topological polar surface area (TPSA) is 66.9 Å². The van der Waals surface area contributed by atoms with E-state index in [1.165, 1.54) is 6.20 Å². The van der Waals surface area contributed by atoms with Crippen LogP contribution in [0.5, 0.6) is 0 Å². The molecule has 2 heterocycles. The highest BCUT2D eigenvalue weighted by Crippen LogP contribution is 2.14. The van der Waals surface area contributed by atoms with Gasteiger partial charge in [0.1, 0.15) is 0 Å². The summed E-state index contributed by atoms with van der Waals surface area (Å²) in [4.78, 5) is 24.9. The molecule has 5 heteroatoms.